The van der Waals surface area contributed by atoms with Crippen molar-refractivity contribution >= 4 is 17.6 Å². The number of aliphatic hydroxyl groups excluding tert-OH is 1. The lowest BCUT2D eigenvalue weighted by Gasteiger charge is -2.30. The van der Waals surface area contributed by atoms with Crippen LogP contribution in [0.5, 0.6) is 0 Å². The van der Waals surface area contributed by atoms with Crippen LogP contribution in [-0.2, 0) is 19.8 Å². The summed E-state index contributed by atoms with van der Waals surface area (Å²) in [6, 6.07) is 8.56. The Bertz CT molecular complexity index is 645. The third-order valence-electron chi connectivity index (χ3n) is 5.53. The number of halogens is 1. The van der Waals surface area contributed by atoms with Crippen molar-refractivity contribution in [3.8, 4) is 0 Å². The molecule has 27 heavy (non-hydrogen) atoms. The fourth-order valence-electron chi connectivity index (χ4n) is 3.84. The highest BCUT2D eigenvalue weighted by Crippen LogP contribution is 2.51. The Kier molecular flexibility index (Phi) is 7.53. The largest absolute Gasteiger partial charge is 0.469 e. The van der Waals surface area contributed by atoms with E-state index in [0.717, 1.165) is 31.2 Å². The van der Waals surface area contributed by atoms with E-state index < -0.39 is 4.87 Å². The first-order valence-corrected chi connectivity index (χ1v) is 10.2. The number of esters is 1. The van der Waals surface area contributed by atoms with E-state index in [-0.39, 0.29) is 23.4 Å². The molecule has 150 valence electrons. The van der Waals surface area contributed by atoms with E-state index in [4.69, 9.17) is 11.6 Å². The molecule has 1 aliphatic carbocycles. The maximum absolute atomic E-state index is 11.1. The lowest BCUT2D eigenvalue weighted by molar-refractivity contribution is -0.140. The highest BCUT2D eigenvalue weighted by Gasteiger charge is 2.46. The van der Waals surface area contributed by atoms with Crippen molar-refractivity contribution in [2.45, 2.75) is 75.7 Å². The Hall–Kier alpha value is -1.32. The molecular formula is C23H33ClO3. The summed E-state index contributed by atoms with van der Waals surface area (Å²) >= 11 is 7.07. The topological polar surface area (TPSA) is 46.5 Å². The highest BCUT2D eigenvalue weighted by molar-refractivity contribution is 6.24. The number of carbonyl (C=O) groups excluding carboxylic acids is 1. The van der Waals surface area contributed by atoms with Crippen LogP contribution in [0.3, 0.4) is 0 Å². The summed E-state index contributed by atoms with van der Waals surface area (Å²) in [5, 5.41) is 10.2. The standard InChI is InChI=1S/C23H33ClO3/c1-22(2,3)17-11-13-18(14-12-17)23(24)16-20(25)15-19(23)9-7-5-6-8-10-21(26)27-4/h5,7,11-14,19-20,25H,6,8-10,15-16H2,1-4H3/b7-5-/t19-,20-,23+/m1/s1. The van der Waals surface area contributed by atoms with Gasteiger partial charge in [0.2, 0.25) is 0 Å². The van der Waals surface area contributed by atoms with Crippen LogP contribution >= 0.6 is 11.6 Å². The summed E-state index contributed by atoms with van der Waals surface area (Å²) in [5.74, 6) is 0.0345. The molecule has 0 heterocycles. The van der Waals surface area contributed by atoms with Crippen LogP contribution in [0, 0.1) is 5.92 Å². The Morgan fingerprint density at radius 1 is 1.30 bits per heavy atom. The smallest absolute Gasteiger partial charge is 0.305 e. The van der Waals surface area contributed by atoms with Crippen LogP contribution in [0.2, 0.25) is 0 Å². The molecule has 0 amide bonds. The number of carbonyl (C=O) groups is 1. The van der Waals surface area contributed by atoms with E-state index in [0.29, 0.717) is 12.8 Å². The summed E-state index contributed by atoms with van der Waals surface area (Å²) < 4.78 is 4.65. The molecule has 0 bridgehead atoms. The number of rotatable bonds is 7. The number of allylic oxidation sites excluding steroid dienone is 2. The van der Waals surface area contributed by atoms with Crippen LogP contribution in [0.15, 0.2) is 36.4 Å². The molecule has 1 fully saturated rings. The molecule has 0 aromatic heterocycles. The number of methoxy groups -OCH3 is 1. The normalized spacial score (nSPS) is 25.9. The van der Waals surface area contributed by atoms with Crippen molar-refractivity contribution in [1.82, 2.24) is 0 Å². The van der Waals surface area contributed by atoms with Crippen LogP contribution < -0.4 is 0 Å². The van der Waals surface area contributed by atoms with Gasteiger partial charge in [0.15, 0.2) is 0 Å². The zero-order valence-electron chi connectivity index (χ0n) is 17.0. The van der Waals surface area contributed by atoms with Gasteiger partial charge in [0.05, 0.1) is 18.1 Å². The van der Waals surface area contributed by atoms with Crippen molar-refractivity contribution in [2.24, 2.45) is 5.92 Å². The first-order valence-electron chi connectivity index (χ1n) is 9.86. The monoisotopic (exact) mass is 392 g/mol. The SMILES string of the molecule is COC(=O)CCC/C=C\C[C@@H]1C[C@@H](O)C[C@]1(Cl)c1ccc(C(C)(C)C)cc1. The summed E-state index contributed by atoms with van der Waals surface area (Å²) in [4.78, 5) is 10.6. The first kappa shape index (κ1) is 22.0. The molecule has 2 rings (SSSR count). The van der Waals surface area contributed by atoms with Crippen molar-refractivity contribution in [1.29, 1.82) is 0 Å². The third-order valence-corrected chi connectivity index (χ3v) is 6.21. The molecule has 4 heteroatoms. The van der Waals surface area contributed by atoms with Gasteiger partial charge < -0.3 is 9.84 Å². The van der Waals surface area contributed by atoms with E-state index in [2.05, 4.69) is 61.9 Å². The fraction of sp³-hybridized carbons (Fsp3) is 0.609. The molecule has 1 aromatic carbocycles. The maximum Gasteiger partial charge on any atom is 0.305 e. The Balaban J connectivity index is 2.00. The van der Waals surface area contributed by atoms with Gasteiger partial charge in [0.25, 0.3) is 0 Å². The second kappa shape index (κ2) is 9.25. The van der Waals surface area contributed by atoms with Gasteiger partial charge >= 0.3 is 5.97 Å². The van der Waals surface area contributed by atoms with E-state index in [9.17, 15) is 9.90 Å². The van der Waals surface area contributed by atoms with Crippen LogP contribution in [0.25, 0.3) is 0 Å². The van der Waals surface area contributed by atoms with Gasteiger partial charge in [-0.15, -0.1) is 11.6 Å². The van der Waals surface area contributed by atoms with Crippen molar-refractivity contribution in [3.05, 3.63) is 47.5 Å². The lowest BCUT2D eigenvalue weighted by atomic mass is 9.82. The van der Waals surface area contributed by atoms with Gasteiger partial charge in [-0.25, -0.2) is 0 Å². The summed E-state index contributed by atoms with van der Waals surface area (Å²) in [5.41, 5.74) is 2.49. The van der Waals surface area contributed by atoms with Crippen molar-refractivity contribution in [2.75, 3.05) is 7.11 Å². The van der Waals surface area contributed by atoms with Crippen LogP contribution in [-0.4, -0.2) is 24.3 Å². The van der Waals surface area contributed by atoms with E-state index >= 15 is 0 Å². The second-order valence-electron chi connectivity index (χ2n) is 8.66. The number of hydrogen-bond acceptors (Lipinski definition) is 3. The highest BCUT2D eigenvalue weighted by atomic mass is 35.5. The zero-order chi connectivity index (χ0) is 20.1. The van der Waals surface area contributed by atoms with Crippen molar-refractivity contribution in [3.63, 3.8) is 0 Å². The quantitative estimate of drug-likeness (QED) is 0.289. The van der Waals surface area contributed by atoms with Crippen molar-refractivity contribution < 1.29 is 14.6 Å². The average molecular weight is 393 g/mol. The van der Waals surface area contributed by atoms with E-state index in [1.807, 2.05) is 0 Å². The van der Waals surface area contributed by atoms with E-state index in [1.165, 1.54) is 12.7 Å². The molecule has 1 aliphatic rings. The van der Waals surface area contributed by atoms with Crippen LogP contribution in [0.1, 0.15) is 70.4 Å². The molecular weight excluding hydrogens is 360 g/mol. The number of benzene rings is 1. The number of aliphatic hydroxyl groups is 1. The van der Waals surface area contributed by atoms with Gasteiger partial charge in [-0.1, -0.05) is 57.2 Å². The fourth-order valence-corrected chi connectivity index (χ4v) is 4.32. The van der Waals surface area contributed by atoms with Gasteiger partial charge in [0, 0.05) is 6.42 Å². The molecule has 1 N–H and O–H groups in total. The molecule has 3 nitrogen and oxygen atoms in total. The molecule has 0 saturated heterocycles. The Morgan fingerprint density at radius 3 is 2.56 bits per heavy atom. The Morgan fingerprint density at radius 2 is 1.96 bits per heavy atom. The molecule has 0 radical (unpaired) electrons. The zero-order valence-corrected chi connectivity index (χ0v) is 17.8. The molecule has 0 aliphatic heterocycles. The maximum atomic E-state index is 11.1. The van der Waals surface area contributed by atoms with Crippen LogP contribution in [0.4, 0.5) is 0 Å². The minimum absolute atomic E-state index is 0.111. The number of unbranched alkanes of at least 4 members (excludes halogenated alkanes) is 1. The van der Waals surface area contributed by atoms with Gasteiger partial charge in [-0.2, -0.15) is 0 Å². The minimum atomic E-state index is -0.522. The first-order chi connectivity index (χ1) is 12.7. The summed E-state index contributed by atoms with van der Waals surface area (Å²) in [7, 11) is 1.41. The Labute approximate surface area is 168 Å². The van der Waals surface area contributed by atoms with Gasteiger partial charge in [0.1, 0.15) is 0 Å². The van der Waals surface area contributed by atoms with E-state index in [1.54, 1.807) is 0 Å². The average Bonchev–Trinajstić information content (AvgIpc) is 2.91. The molecule has 0 spiro atoms. The number of alkyl halides is 1. The predicted molar refractivity (Wildman–Crippen MR) is 111 cm³/mol. The second-order valence-corrected chi connectivity index (χ2v) is 9.33. The number of ether oxygens (including phenoxy) is 1. The predicted octanol–water partition coefficient (Wildman–Crippen LogP) is 5.48. The third kappa shape index (κ3) is 5.83. The molecule has 0 unspecified atom stereocenters. The summed E-state index contributed by atoms with van der Waals surface area (Å²) in [6.45, 7) is 6.60. The molecule has 3 atom stereocenters. The number of hydrogen-bond donors (Lipinski definition) is 1. The summed E-state index contributed by atoms with van der Waals surface area (Å²) in [6.07, 6.45) is 8.11. The van der Waals surface area contributed by atoms with Gasteiger partial charge in [-0.05, 0) is 54.6 Å². The molecule has 1 aromatic rings. The molecule has 1 saturated carbocycles. The van der Waals surface area contributed by atoms with Gasteiger partial charge in [-0.3, -0.25) is 4.79 Å². The lowest BCUT2D eigenvalue weighted by Crippen LogP contribution is -2.24. The minimum Gasteiger partial charge on any atom is -0.469 e.